The first-order valence-corrected chi connectivity index (χ1v) is 5.38. The summed E-state index contributed by atoms with van der Waals surface area (Å²) in [6.45, 7) is 12.5. The Labute approximate surface area is 82.9 Å². The smallest absolute Gasteiger partial charge is 0.0563 e. The summed E-state index contributed by atoms with van der Waals surface area (Å²) in [6, 6.07) is 0. The minimum Gasteiger partial charge on any atom is -0.393 e. The van der Waals surface area contributed by atoms with Crippen LogP contribution in [0.1, 0.15) is 47.0 Å². The Balaban J connectivity index is 3.90. The number of aliphatic hydroxyl groups is 1. The van der Waals surface area contributed by atoms with E-state index in [2.05, 4.69) is 27.4 Å². The Morgan fingerprint density at radius 3 is 2.23 bits per heavy atom. The van der Waals surface area contributed by atoms with Gasteiger partial charge in [0.25, 0.3) is 0 Å². The third-order valence-electron chi connectivity index (χ3n) is 2.95. The Hall–Kier alpha value is -0.300. The van der Waals surface area contributed by atoms with E-state index in [1.54, 1.807) is 0 Å². The summed E-state index contributed by atoms with van der Waals surface area (Å²) in [6.07, 6.45) is 2.82. The minimum atomic E-state index is -0.146. The summed E-state index contributed by atoms with van der Waals surface area (Å²) in [5, 5.41) is 9.60. The Kier molecular flexibility index (Phi) is 6.06. The van der Waals surface area contributed by atoms with Crippen molar-refractivity contribution in [3.8, 4) is 0 Å². The first kappa shape index (κ1) is 12.7. The van der Waals surface area contributed by atoms with Crippen LogP contribution in [0.3, 0.4) is 0 Å². The topological polar surface area (TPSA) is 20.2 Å². The van der Waals surface area contributed by atoms with Crippen LogP contribution in [-0.2, 0) is 0 Å². The van der Waals surface area contributed by atoms with E-state index in [0.29, 0.717) is 11.8 Å². The fourth-order valence-electron chi connectivity index (χ4n) is 1.63. The van der Waals surface area contributed by atoms with Crippen LogP contribution in [0.5, 0.6) is 0 Å². The van der Waals surface area contributed by atoms with Gasteiger partial charge in [0.15, 0.2) is 0 Å². The molecular formula is C12H24O. The van der Waals surface area contributed by atoms with E-state index in [4.69, 9.17) is 0 Å². The van der Waals surface area contributed by atoms with Gasteiger partial charge in [-0.15, -0.1) is 0 Å². The van der Waals surface area contributed by atoms with Crippen molar-refractivity contribution in [3.05, 3.63) is 12.2 Å². The van der Waals surface area contributed by atoms with E-state index in [1.807, 2.05) is 6.92 Å². The van der Waals surface area contributed by atoms with Crippen molar-refractivity contribution in [3.63, 3.8) is 0 Å². The molecule has 0 aliphatic carbocycles. The molecule has 0 fully saturated rings. The molecule has 0 saturated carbocycles. The van der Waals surface area contributed by atoms with Crippen LogP contribution in [0, 0.1) is 11.8 Å². The molecule has 0 aromatic carbocycles. The van der Waals surface area contributed by atoms with Gasteiger partial charge in [-0.05, 0) is 31.1 Å². The molecule has 78 valence electrons. The average molecular weight is 184 g/mol. The maximum atomic E-state index is 9.60. The zero-order valence-corrected chi connectivity index (χ0v) is 9.51. The second kappa shape index (κ2) is 6.20. The maximum absolute atomic E-state index is 9.60. The van der Waals surface area contributed by atoms with Crippen molar-refractivity contribution in [1.82, 2.24) is 0 Å². The Morgan fingerprint density at radius 1 is 1.31 bits per heavy atom. The number of rotatable bonds is 6. The van der Waals surface area contributed by atoms with E-state index in [1.165, 1.54) is 5.57 Å². The van der Waals surface area contributed by atoms with Crippen LogP contribution in [0.25, 0.3) is 0 Å². The van der Waals surface area contributed by atoms with Gasteiger partial charge in [-0.1, -0.05) is 39.8 Å². The van der Waals surface area contributed by atoms with Crippen LogP contribution >= 0.6 is 0 Å². The number of allylic oxidation sites excluding steroid dienone is 1. The number of hydrogen-bond donors (Lipinski definition) is 1. The molecule has 0 radical (unpaired) electrons. The van der Waals surface area contributed by atoms with Gasteiger partial charge in [0.05, 0.1) is 6.10 Å². The molecule has 1 N–H and O–H groups in total. The first-order chi connectivity index (χ1) is 6.02. The van der Waals surface area contributed by atoms with Crippen LogP contribution in [0.2, 0.25) is 0 Å². The lowest BCUT2D eigenvalue weighted by atomic mass is 9.87. The van der Waals surface area contributed by atoms with Crippen LogP contribution in [0.15, 0.2) is 12.2 Å². The number of aliphatic hydroxyl groups excluding tert-OH is 1. The van der Waals surface area contributed by atoms with Gasteiger partial charge in [-0.3, -0.25) is 0 Å². The predicted octanol–water partition coefficient (Wildman–Crippen LogP) is 3.39. The van der Waals surface area contributed by atoms with E-state index < -0.39 is 0 Å². The molecule has 0 aliphatic heterocycles. The summed E-state index contributed by atoms with van der Waals surface area (Å²) in [5.41, 5.74) is 1.30. The largest absolute Gasteiger partial charge is 0.393 e. The monoisotopic (exact) mass is 184 g/mol. The molecule has 0 aliphatic rings. The van der Waals surface area contributed by atoms with Gasteiger partial charge < -0.3 is 5.11 Å². The molecule has 0 spiro atoms. The Morgan fingerprint density at radius 2 is 1.85 bits per heavy atom. The lowest BCUT2D eigenvalue weighted by Crippen LogP contribution is -2.19. The lowest BCUT2D eigenvalue weighted by molar-refractivity contribution is 0.102. The molecule has 3 atom stereocenters. The number of hydrogen-bond acceptors (Lipinski definition) is 1. The highest BCUT2D eigenvalue weighted by molar-refractivity contribution is 4.98. The summed E-state index contributed by atoms with van der Waals surface area (Å²) in [5.74, 6) is 0.935. The van der Waals surface area contributed by atoms with Crippen LogP contribution < -0.4 is 0 Å². The van der Waals surface area contributed by atoms with Crippen molar-refractivity contribution >= 4 is 0 Å². The zero-order valence-electron chi connectivity index (χ0n) is 9.51. The van der Waals surface area contributed by atoms with Gasteiger partial charge in [0, 0.05) is 0 Å². The van der Waals surface area contributed by atoms with Crippen molar-refractivity contribution < 1.29 is 5.11 Å². The highest BCUT2D eigenvalue weighted by Gasteiger charge is 2.16. The van der Waals surface area contributed by atoms with Gasteiger partial charge in [-0.2, -0.15) is 0 Å². The summed E-state index contributed by atoms with van der Waals surface area (Å²) in [4.78, 5) is 0. The van der Waals surface area contributed by atoms with Crippen LogP contribution in [0.4, 0.5) is 0 Å². The molecule has 1 heteroatoms. The molecule has 1 nitrogen and oxygen atoms in total. The highest BCUT2D eigenvalue weighted by atomic mass is 16.3. The molecule has 0 bridgehead atoms. The molecule has 0 heterocycles. The van der Waals surface area contributed by atoms with Crippen molar-refractivity contribution in [2.75, 3.05) is 0 Å². The molecule has 0 saturated heterocycles. The molecule has 0 aromatic rings. The van der Waals surface area contributed by atoms with E-state index >= 15 is 0 Å². The third kappa shape index (κ3) is 4.47. The molecule has 0 rings (SSSR count). The van der Waals surface area contributed by atoms with Crippen LogP contribution in [-0.4, -0.2) is 11.2 Å². The second-order valence-electron chi connectivity index (χ2n) is 4.10. The summed E-state index contributed by atoms with van der Waals surface area (Å²) < 4.78 is 0. The molecule has 0 aromatic heterocycles. The normalized spacial score (nSPS) is 17.9. The van der Waals surface area contributed by atoms with Crippen molar-refractivity contribution in [2.45, 2.75) is 53.1 Å². The first-order valence-electron chi connectivity index (χ1n) is 5.38. The molecule has 0 unspecified atom stereocenters. The SMILES string of the molecule is C=C(CC)[C@H](C)C[C@@H](C)[C@H](O)CC. The molecular weight excluding hydrogens is 160 g/mol. The summed E-state index contributed by atoms with van der Waals surface area (Å²) >= 11 is 0. The fraction of sp³-hybridized carbons (Fsp3) is 0.833. The van der Waals surface area contributed by atoms with Gasteiger partial charge >= 0.3 is 0 Å². The highest BCUT2D eigenvalue weighted by Crippen LogP contribution is 2.23. The fourth-order valence-corrected chi connectivity index (χ4v) is 1.63. The van der Waals surface area contributed by atoms with Gasteiger partial charge in [-0.25, -0.2) is 0 Å². The standard InChI is InChI=1S/C12H24O/c1-6-9(3)10(4)8-11(5)12(13)7-2/h10-13H,3,6-8H2,1-2,4-5H3/t10-,11-,12-/m1/s1. The van der Waals surface area contributed by atoms with Gasteiger partial charge in [0.1, 0.15) is 0 Å². The van der Waals surface area contributed by atoms with E-state index in [9.17, 15) is 5.11 Å². The molecule has 0 amide bonds. The second-order valence-corrected chi connectivity index (χ2v) is 4.10. The molecule has 13 heavy (non-hydrogen) atoms. The maximum Gasteiger partial charge on any atom is 0.0563 e. The van der Waals surface area contributed by atoms with E-state index in [0.717, 1.165) is 19.3 Å². The van der Waals surface area contributed by atoms with Crippen molar-refractivity contribution in [1.29, 1.82) is 0 Å². The average Bonchev–Trinajstić information content (AvgIpc) is 2.14. The third-order valence-corrected chi connectivity index (χ3v) is 2.95. The quantitative estimate of drug-likeness (QED) is 0.627. The predicted molar refractivity (Wildman–Crippen MR) is 58.7 cm³/mol. The zero-order chi connectivity index (χ0) is 10.4. The van der Waals surface area contributed by atoms with Crippen molar-refractivity contribution in [2.24, 2.45) is 11.8 Å². The lowest BCUT2D eigenvalue weighted by Gasteiger charge is -2.22. The summed E-state index contributed by atoms with van der Waals surface area (Å²) in [7, 11) is 0. The van der Waals surface area contributed by atoms with Gasteiger partial charge in [0.2, 0.25) is 0 Å². The Bertz CT molecular complexity index is 151. The van der Waals surface area contributed by atoms with E-state index in [-0.39, 0.29) is 6.10 Å². The minimum absolute atomic E-state index is 0.146.